The summed E-state index contributed by atoms with van der Waals surface area (Å²) in [6.07, 6.45) is 7.33. The third-order valence-electron chi connectivity index (χ3n) is 7.10. The molecular formula is C27H22BrClN2O4. The molecule has 35 heavy (non-hydrogen) atoms. The van der Waals surface area contributed by atoms with E-state index >= 15 is 0 Å². The molecule has 2 N–H and O–H groups in total. The van der Waals surface area contributed by atoms with Crippen LogP contribution in [0, 0.1) is 18.3 Å². The van der Waals surface area contributed by atoms with Crippen LogP contribution in [-0.4, -0.2) is 45.7 Å². The zero-order valence-electron chi connectivity index (χ0n) is 18.9. The first-order chi connectivity index (χ1) is 16.6. The van der Waals surface area contributed by atoms with Crippen molar-refractivity contribution in [1.29, 1.82) is 0 Å². The summed E-state index contributed by atoms with van der Waals surface area (Å²) in [6, 6.07) is 17.8. The minimum absolute atomic E-state index is 0.0280. The largest absolute Gasteiger partial charge is 0.476 e. The molecule has 0 saturated heterocycles. The molecule has 3 aromatic rings. The standard InChI is InChI=1S/C27H22BrClN2O4/c1-4-25(33)22(24(32)31(2)3)21(16-8-6-5-7-9-16)26(17-10-12-18(28)13-11-17)27(25,34)23-20(35-26)14-19(29)15-30-23/h1,5-15,21-22,33-34H,2-3H3/t21-,22?,25?,26+,27+/m1/s1. The van der Waals surface area contributed by atoms with Crippen molar-refractivity contribution >= 4 is 33.4 Å². The smallest absolute Gasteiger partial charge is 0.230 e. The fourth-order valence-corrected chi connectivity index (χ4v) is 6.08. The number of amides is 1. The molecule has 1 aliphatic heterocycles. The third kappa shape index (κ3) is 2.98. The molecule has 1 aromatic heterocycles. The van der Waals surface area contributed by atoms with E-state index in [1.807, 2.05) is 30.3 Å². The lowest BCUT2D eigenvalue weighted by Gasteiger charge is -2.41. The van der Waals surface area contributed by atoms with Crippen molar-refractivity contribution in [3.8, 4) is 18.1 Å². The van der Waals surface area contributed by atoms with E-state index in [4.69, 9.17) is 22.8 Å². The Balaban J connectivity index is 1.95. The summed E-state index contributed by atoms with van der Waals surface area (Å²) in [4.78, 5) is 19.5. The molecule has 178 valence electrons. The minimum atomic E-state index is -2.38. The number of aliphatic hydroxyl groups is 2. The van der Waals surface area contributed by atoms with Gasteiger partial charge in [0.25, 0.3) is 0 Å². The Labute approximate surface area is 216 Å². The quantitative estimate of drug-likeness (QED) is 0.482. The highest BCUT2D eigenvalue weighted by Gasteiger charge is 2.84. The van der Waals surface area contributed by atoms with Gasteiger partial charge in [-0.25, -0.2) is 0 Å². The molecule has 0 radical (unpaired) electrons. The maximum atomic E-state index is 13.7. The van der Waals surface area contributed by atoms with E-state index < -0.39 is 34.5 Å². The van der Waals surface area contributed by atoms with Gasteiger partial charge in [-0.15, -0.1) is 6.42 Å². The van der Waals surface area contributed by atoms with Gasteiger partial charge in [-0.2, -0.15) is 0 Å². The van der Waals surface area contributed by atoms with Crippen LogP contribution in [0.25, 0.3) is 0 Å². The summed E-state index contributed by atoms with van der Waals surface area (Å²) in [6.45, 7) is 0. The molecule has 2 unspecified atom stereocenters. The van der Waals surface area contributed by atoms with Gasteiger partial charge in [-0.1, -0.05) is 75.9 Å². The molecule has 2 heterocycles. The number of carbonyl (C=O) groups is 1. The predicted molar refractivity (Wildman–Crippen MR) is 135 cm³/mol. The van der Waals surface area contributed by atoms with E-state index in [0.717, 1.165) is 4.47 Å². The molecule has 2 aliphatic rings. The fourth-order valence-electron chi connectivity index (χ4n) is 5.67. The Morgan fingerprint density at radius 2 is 1.83 bits per heavy atom. The van der Waals surface area contributed by atoms with Crippen molar-refractivity contribution in [2.24, 2.45) is 5.92 Å². The van der Waals surface area contributed by atoms with Crippen molar-refractivity contribution in [3.63, 3.8) is 0 Å². The van der Waals surface area contributed by atoms with Crippen molar-refractivity contribution in [1.82, 2.24) is 9.88 Å². The minimum Gasteiger partial charge on any atom is -0.476 e. The average Bonchev–Trinajstić information content (AvgIpc) is 3.20. The Morgan fingerprint density at radius 1 is 1.17 bits per heavy atom. The second kappa shape index (κ2) is 8.07. The molecule has 1 fully saturated rings. The van der Waals surface area contributed by atoms with E-state index in [1.165, 1.54) is 17.2 Å². The monoisotopic (exact) mass is 552 g/mol. The van der Waals surface area contributed by atoms with Gasteiger partial charge in [-0.3, -0.25) is 9.78 Å². The van der Waals surface area contributed by atoms with E-state index in [-0.39, 0.29) is 11.4 Å². The SMILES string of the molecule is C#CC1(O)C(C(=O)N(C)C)[C@@H](c2ccccc2)[C@]2(c3ccc(Br)cc3)Oc3cc(Cl)cnc3[C@]12O. The molecule has 0 bridgehead atoms. The zero-order valence-corrected chi connectivity index (χ0v) is 21.3. The van der Waals surface area contributed by atoms with E-state index in [1.54, 1.807) is 38.4 Å². The summed E-state index contributed by atoms with van der Waals surface area (Å²) in [7, 11) is 3.16. The highest BCUT2D eigenvalue weighted by molar-refractivity contribution is 9.10. The molecule has 8 heteroatoms. The van der Waals surface area contributed by atoms with Gasteiger partial charge in [0.2, 0.25) is 5.91 Å². The molecule has 1 saturated carbocycles. The highest BCUT2D eigenvalue weighted by atomic mass is 79.9. The molecular weight excluding hydrogens is 532 g/mol. The van der Waals surface area contributed by atoms with E-state index in [9.17, 15) is 15.0 Å². The summed E-state index contributed by atoms with van der Waals surface area (Å²) in [5.74, 6) is -0.0133. The maximum Gasteiger partial charge on any atom is 0.230 e. The molecule has 5 rings (SSSR count). The Kier molecular flexibility index (Phi) is 5.50. The Bertz CT molecular complexity index is 1360. The van der Waals surface area contributed by atoms with Crippen LogP contribution >= 0.6 is 27.5 Å². The number of fused-ring (bicyclic) bond motifs is 3. The molecule has 1 aliphatic carbocycles. The number of hydrogen-bond acceptors (Lipinski definition) is 5. The van der Waals surface area contributed by atoms with Crippen LogP contribution in [0.4, 0.5) is 0 Å². The van der Waals surface area contributed by atoms with Crippen LogP contribution in [0.15, 0.2) is 71.3 Å². The van der Waals surface area contributed by atoms with Gasteiger partial charge >= 0.3 is 0 Å². The number of rotatable bonds is 3. The number of ether oxygens (including phenoxy) is 1. The number of benzene rings is 2. The van der Waals surface area contributed by atoms with Crippen molar-refractivity contribution in [2.75, 3.05) is 14.1 Å². The average molecular weight is 554 g/mol. The van der Waals surface area contributed by atoms with Gasteiger partial charge in [0.1, 0.15) is 11.4 Å². The molecule has 5 atom stereocenters. The van der Waals surface area contributed by atoms with Gasteiger partial charge < -0.3 is 19.8 Å². The van der Waals surface area contributed by atoms with Crippen LogP contribution in [0.3, 0.4) is 0 Å². The molecule has 6 nitrogen and oxygen atoms in total. The number of halogens is 2. The van der Waals surface area contributed by atoms with Gasteiger partial charge in [0, 0.05) is 36.7 Å². The lowest BCUT2D eigenvalue weighted by atomic mass is 9.70. The number of pyridine rings is 1. The van der Waals surface area contributed by atoms with Crippen LogP contribution < -0.4 is 4.74 Å². The van der Waals surface area contributed by atoms with Gasteiger partial charge in [-0.05, 0) is 23.3 Å². The fraction of sp³-hybridized carbons (Fsp3) is 0.259. The lowest BCUT2D eigenvalue weighted by molar-refractivity contribution is -0.183. The topological polar surface area (TPSA) is 82.9 Å². The second-order valence-electron chi connectivity index (χ2n) is 9.06. The number of aromatic nitrogens is 1. The normalized spacial score (nSPS) is 30.7. The van der Waals surface area contributed by atoms with Crippen LogP contribution in [-0.2, 0) is 16.0 Å². The van der Waals surface area contributed by atoms with Crippen molar-refractivity contribution < 1.29 is 19.7 Å². The van der Waals surface area contributed by atoms with Gasteiger partial charge in [0.05, 0.1) is 10.9 Å². The van der Waals surface area contributed by atoms with Crippen LogP contribution in [0.5, 0.6) is 5.75 Å². The summed E-state index contributed by atoms with van der Waals surface area (Å²) < 4.78 is 7.42. The predicted octanol–water partition coefficient (Wildman–Crippen LogP) is 3.84. The van der Waals surface area contributed by atoms with E-state index in [0.29, 0.717) is 16.1 Å². The highest BCUT2D eigenvalue weighted by Crippen LogP contribution is 2.71. The maximum absolute atomic E-state index is 13.7. The third-order valence-corrected chi connectivity index (χ3v) is 7.84. The first-order valence-electron chi connectivity index (χ1n) is 10.9. The summed E-state index contributed by atoms with van der Waals surface area (Å²) in [5, 5.41) is 25.2. The van der Waals surface area contributed by atoms with Crippen LogP contribution in [0.2, 0.25) is 5.02 Å². The second-order valence-corrected chi connectivity index (χ2v) is 10.4. The molecule has 0 spiro atoms. The Morgan fingerprint density at radius 3 is 2.43 bits per heavy atom. The summed E-state index contributed by atoms with van der Waals surface area (Å²) in [5.41, 5.74) is -5.16. The van der Waals surface area contributed by atoms with Crippen LogP contribution in [0.1, 0.15) is 22.7 Å². The first kappa shape index (κ1) is 23.8. The van der Waals surface area contributed by atoms with E-state index in [2.05, 4.69) is 26.8 Å². The molecule has 1 amide bonds. The van der Waals surface area contributed by atoms with Gasteiger partial charge in [0.15, 0.2) is 16.8 Å². The lowest BCUT2D eigenvalue weighted by Crippen LogP contribution is -2.59. The molecule has 2 aromatic carbocycles. The van der Waals surface area contributed by atoms with Crippen molar-refractivity contribution in [3.05, 3.63) is 93.2 Å². The first-order valence-corrected chi connectivity index (χ1v) is 12.1. The Hall–Kier alpha value is -2.89. The number of terminal acetylenes is 1. The van der Waals surface area contributed by atoms with Crippen molar-refractivity contribution in [2.45, 2.75) is 22.7 Å². The number of carbonyl (C=O) groups excluding carboxylic acids is 1. The number of hydrogen-bond donors (Lipinski definition) is 2. The number of nitrogens with zero attached hydrogens (tertiary/aromatic N) is 2. The summed E-state index contributed by atoms with van der Waals surface area (Å²) >= 11 is 9.67. The zero-order chi connectivity index (χ0) is 25.2.